The number of anilines is 3. The Morgan fingerprint density at radius 2 is 1.87 bits per heavy atom. The number of rotatable bonds is 10. The van der Waals surface area contributed by atoms with Crippen molar-refractivity contribution in [2.75, 3.05) is 60.2 Å². The summed E-state index contributed by atoms with van der Waals surface area (Å²) < 4.78 is 48.3. The highest BCUT2D eigenvalue weighted by Gasteiger charge is 2.21. The van der Waals surface area contributed by atoms with Crippen LogP contribution in [0.5, 0.6) is 0 Å². The van der Waals surface area contributed by atoms with E-state index in [9.17, 15) is 8.60 Å². The Morgan fingerprint density at radius 1 is 1.08 bits per heavy atom. The zero-order valence-electron chi connectivity index (χ0n) is 21.4. The van der Waals surface area contributed by atoms with Gasteiger partial charge in [0.25, 0.3) is 0 Å². The van der Waals surface area contributed by atoms with Crippen molar-refractivity contribution in [2.45, 2.75) is 13.3 Å². The molecule has 0 aliphatic carbocycles. The van der Waals surface area contributed by atoms with Crippen LogP contribution in [-0.4, -0.2) is 74.4 Å². The predicted molar refractivity (Wildman–Crippen MR) is 148 cm³/mol. The normalized spacial score (nSPS) is 14.4. The van der Waals surface area contributed by atoms with Crippen molar-refractivity contribution >= 4 is 39.5 Å². The van der Waals surface area contributed by atoms with Gasteiger partial charge in [0.15, 0.2) is 17.5 Å². The molecule has 4 aromatic rings. The van der Waals surface area contributed by atoms with Crippen LogP contribution >= 0.6 is 0 Å². The molecule has 10 nitrogen and oxygen atoms in total. The summed E-state index contributed by atoms with van der Waals surface area (Å²) in [6.45, 7) is 4.41. The fourth-order valence-corrected chi connectivity index (χ4v) is 5.01. The summed E-state index contributed by atoms with van der Waals surface area (Å²) in [6.07, 6.45) is 3.47. The highest BCUT2D eigenvalue weighted by molar-refractivity contribution is 7.86. The molecule has 2 N–H and O–H groups in total. The molecule has 1 aliphatic rings. The number of nitrogens with one attached hydrogen (secondary N) is 2. The summed E-state index contributed by atoms with van der Waals surface area (Å²) in [5.74, 6) is 1.07. The molecule has 204 valence electrons. The van der Waals surface area contributed by atoms with Gasteiger partial charge < -0.3 is 19.7 Å². The monoisotopic (exact) mass is 554 g/mol. The van der Waals surface area contributed by atoms with E-state index in [1.807, 2.05) is 6.92 Å². The van der Waals surface area contributed by atoms with Crippen molar-refractivity contribution in [3.8, 4) is 22.6 Å². The maximum atomic E-state index is 15.5. The van der Waals surface area contributed by atoms with Crippen LogP contribution in [0.25, 0.3) is 33.7 Å². The molecule has 0 amide bonds. The largest absolute Gasteiger partial charge is 0.378 e. The molecule has 1 atom stereocenters. The minimum absolute atomic E-state index is 0.0626. The molecule has 1 fully saturated rings. The Kier molecular flexibility index (Phi) is 8.47. The maximum absolute atomic E-state index is 15.5. The molecule has 3 aromatic heterocycles. The molecule has 4 heterocycles. The van der Waals surface area contributed by atoms with Crippen LogP contribution < -0.4 is 14.9 Å². The molecule has 1 aromatic carbocycles. The van der Waals surface area contributed by atoms with E-state index in [-0.39, 0.29) is 23.4 Å². The fourth-order valence-electron chi connectivity index (χ4n) is 4.13. The van der Waals surface area contributed by atoms with E-state index >= 15 is 4.39 Å². The average Bonchev–Trinajstić information content (AvgIpc) is 2.97. The third kappa shape index (κ3) is 6.09. The number of hydrogen-bond acceptors (Lipinski definition) is 9. The molecule has 39 heavy (non-hydrogen) atoms. The molecule has 13 heteroatoms. The maximum Gasteiger partial charge on any atom is 0.222 e. The first-order valence-electron chi connectivity index (χ1n) is 12.6. The summed E-state index contributed by atoms with van der Waals surface area (Å²) in [5.41, 5.74) is 2.43. The standard InChI is InChI=1S/C26H28F2N8O2S/c1-2-29-26-30-15-17(16-31-26)24-33-21-8-7-19(32-23(21)25(34-24)36-10-12-38-13-11-36)18-5-3-6-20(22(18)28)35-39(37)14-4-9-27/h3,5-8,15-16,35H,2,4,9-14H2,1H3,(H,29,30,31). The first-order chi connectivity index (χ1) is 19.1. The van der Waals surface area contributed by atoms with E-state index in [4.69, 9.17) is 19.7 Å². The van der Waals surface area contributed by atoms with Gasteiger partial charge >= 0.3 is 0 Å². The van der Waals surface area contributed by atoms with Crippen molar-refractivity contribution in [3.05, 3.63) is 48.5 Å². The van der Waals surface area contributed by atoms with Gasteiger partial charge in [-0.1, -0.05) is 6.07 Å². The van der Waals surface area contributed by atoms with Gasteiger partial charge in [-0.2, -0.15) is 0 Å². The smallest absolute Gasteiger partial charge is 0.222 e. The summed E-state index contributed by atoms with van der Waals surface area (Å²) in [7, 11) is -1.60. The van der Waals surface area contributed by atoms with E-state index in [1.165, 1.54) is 6.07 Å². The van der Waals surface area contributed by atoms with Crippen molar-refractivity contribution in [3.63, 3.8) is 0 Å². The molecule has 0 spiro atoms. The number of hydrogen-bond donors (Lipinski definition) is 2. The quantitative estimate of drug-likeness (QED) is 0.300. The lowest BCUT2D eigenvalue weighted by atomic mass is 10.1. The Balaban J connectivity index is 1.55. The van der Waals surface area contributed by atoms with Crippen LogP contribution in [-0.2, 0) is 15.7 Å². The molecule has 1 aliphatic heterocycles. The second-order valence-corrected chi connectivity index (χ2v) is 10.0. The van der Waals surface area contributed by atoms with Gasteiger partial charge in [-0.05, 0) is 37.6 Å². The third-order valence-corrected chi connectivity index (χ3v) is 7.15. The second kappa shape index (κ2) is 12.3. The lowest BCUT2D eigenvalue weighted by molar-refractivity contribution is 0.122. The summed E-state index contributed by atoms with van der Waals surface area (Å²) in [6, 6.07) is 8.21. The van der Waals surface area contributed by atoms with Gasteiger partial charge in [0.1, 0.15) is 16.5 Å². The molecular weight excluding hydrogens is 526 g/mol. The van der Waals surface area contributed by atoms with Gasteiger partial charge in [0.2, 0.25) is 5.95 Å². The second-order valence-electron chi connectivity index (χ2n) is 8.72. The molecule has 0 radical (unpaired) electrons. The van der Waals surface area contributed by atoms with Crippen molar-refractivity contribution in [1.29, 1.82) is 0 Å². The number of ether oxygens (including phenoxy) is 1. The Bertz CT molecular complexity index is 1470. The molecule has 5 rings (SSSR count). The number of benzene rings is 1. The highest BCUT2D eigenvalue weighted by Crippen LogP contribution is 2.32. The topological polar surface area (TPSA) is 118 Å². The van der Waals surface area contributed by atoms with Gasteiger partial charge in [-0.25, -0.2) is 33.5 Å². The third-order valence-electron chi connectivity index (χ3n) is 6.04. The minimum atomic E-state index is -1.60. The van der Waals surface area contributed by atoms with Crippen molar-refractivity contribution in [2.24, 2.45) is 0 Å². The zero-order chi connectivity index (χ0) is 27.2. The zero-order valence-corrected chi connectivity index (χ0v) is 22.2. The Hall–Kier alpha value is -3.84. The van der Waals surface area contributed by atoms with Gasteiger partial charge in [-0.15, -0.1) is 0 Å². The Morgan fingerprint density at radius 3 is 2.62 bits per heavy atom. The first kappa shape index (κ1) is 26.8. The molecule has 1 unspecified atom stereocenters. The van der Waals surface area contributed by atoms with Crippen molar-refractivity contribution in [1.82, 2.24) is 24.9 Å². The van der Waals surface area contributed by atoms with E-state index in [0.29, 0.717) is 72.7 Å². The summed E-state index contributed by atoms with van der Waals surface area (Å²) in [4.78, 5) is 25.1. The molecular formula is C26H28F2N8O2S. The fraction of sp³-hybridized carbons (Fsp3) is 0.346. The first-order valence-corrected chi connectivity index (χ1v) is 14.0. The lowest BCUT2D eigenvalue weighted by Crippen LogP contribution is -2.37. The number of halogens is 2. The number of morpholine rings is 1. The SMILES string of the molecule is CCNc1ncc(-c2nc(N3CCOCC3)c3nc(-c4cccc(NS(=O)CCCF)c4F)ccc3n2)cn1. The van der Waals surface area contributed by atoms with E-state index in [1.54, 1.807) is 36.7 Å². The van der Waals surface area contributed by atoms with Gasteiger partial charge in [0.05, 0.1) is 42.3 Å². The number of fused-ring (bicyclic) bond motifs is 1. The summed E-state index contributed by atoms with van der Waals surface area (Å²) in [5, 5.41) is 3.07. The predicted octanol–water partition coefficient (Wildman–Crippen LogP) is 3.99. The number of pyridine rings is 1. The molecule has 0 saturated carbocycles. The average molecular weight is 555 g/mol. The van der Waals surface area contributed by atoms with Crippen LogP contribution in [0.2, 0.25) is 0 Å². The van der Waals surface area contributed by atoms with Crippen LogP contribution in [0, 0.1) is 5.82 Å². The lowest BCUT2D eigenvalue weighted by Gasteiger charge is -2.28. The number of aromatic nitrogens is 5. The van der Waals surface area contributed by atoms with Crippen molar-refractivity contribution < 1.29 is 17.7 Å². The van der Waals surface area contributed by atoms with Crippen LogP contribution in [0.15, 0.2) is 42.7 Å². The van der Waals surface area contributed by atoms with Crippen LogP contribution in [0.4, 0.5) is 26.2 Å². The van der Waals surface area contributed by atoms with Gasteiger partial charge in [-0.3, -0.25) is 4.39 Å². The Labute approximate surface area is 226 Å². The summed E-state index contributed by atoms with van der Waals surface area (Å²) >= 11 is 0. The van der Waals surface area contributed by atoms with E-state index in [0.717, 1.165) is 0 Å². The minimum Gasteiger partial charge on any atom is -0.378 e. The highest BCUT2D eigenvalue weighted by atomic mass is 32.2. The van der Waals surface area contributed by atoms with E-state index in [2.05, 4.69) is 24.9 Å². The van der Waals surface area contributed by atoms with Crippen LogP contribution in [0.3, 0.4) is 0 Å². The van der Waals surface area contributed by atoms with E-state index < -0.39 is 23.5 Å². The molecule has 1 saturated heterocycles. The number of nitrogens with zero attached hydrogens (tertiary/aromatic N) is 6. The molecule has 0 bridgehead atoms. The number of alkyl halides is 1. The van der Waals surface area contributed by atoms with Gasteiger partial charge in [0, 0.05) is 43.3 Å². The van der Waals surface area contributed by atoms with Crippen LogP contribution in [0.1, 0.15) is 13.3 Å².